The highest BCUT2D eigenvalue weighted by molar-refractivity contribution is 5.71. The topological polar surface area (TPSA) is 170 Å². The van der Waals surface area contributed by atoms with Crippen LogP contribution in [0, 0.1) is 35.5 Å². The molecule has 0 amide bonds. The van der Waals surface area contributed by atoms with Crippen molar-refractivity contribution >= 4 is 35.8 Å². The summed E-state index contributed by atoms with van der Waals surface area (Å²) in [7, 11) is 0. The van der Waals surface area contributed by atoms with E-state index in [2.05, 4.69) is 5.32 Å². The first-order chi connectivity index (χ1) is 31.7. The van der Waals surface area contributed by atoms with Crippen LogP contribution in [0.2, 0.25) is 0 Å². The van der Waals surface area contributed by atoms with Crippen LogP contribution in [0.3, 0.4) is 0 Å². The van der Waals surface area contributed by atoms with Crippen LogP contribution in [0.15, 0.2) is 0 Å². The van der Waals surface area contributed by atoms with Gasteiger partial charge in [0.1, 0.15) is 39.6 Å². The minimum absolute atomic E-state index is 0.00720. The van der Waals surface area contributed by atoms with Gasteiger partial charge in [-0.05, 0) is 75.3 Å². The first-order valence-electron chi connectivity index (χ1n) is 26.4. The van der Waals surface area contributed by atoms with Gasteiger partial charge in [-0.1, -0.05) is 128 Å². The third-order valence-electron chi connectivity index (χ3n) is 14.3. The van der Waals surface area contributed by atoms with Gasteiger partial charge in [0.25, 0.3) is 0 Å². The van der Waals surface area contributed by atoms with Crippen LogP contribution in [0.4, 0.5) is 0 Å². The van der Waals surface area contributed by atoms with E-state index < -0.39 is 11.8 Å². The number of hydrogen-bond acceptors (Lipinski definition) is 13. The molecular weight excluding hydrogens is 831 g/mol. The van der Waals surface area contributed by atoms with E-state index in [-0.39, 0.29) is 88.3 Å². The van der Waals surface area contributed by atoms with Crippen LogP contribution in [0.5, 0.6) is 0 Å². The van der Waals surface area contributed by atoms with Crippen molar-refractivity contribution in [3.05, 3.63) is 0 Å². The second-order valence-corrected chi connectivity index (χ2v) is 20.0. The molecule has 4 aliphatic carbocycles. The summed E-state index contributed by atoms with van der Waals surface area (Å²) in [4.78, 5) is 75.7. The van der Waals surface area contributed by atoms with Crippen LogP contribution in [0.25, 0.3) is 0 Å². The minimum Gasteiger partial charge on any atom is -0.465 e. The standard InChI is InChI=1S/C52H87NO12/c54-47(60-35-45(37-62-49(56)29-25-41-15-5-1-6-16-41)38-63-50(57)30-26-42-17-7-2-8-18-42)23-13-33-53-34-14-24-48(55)61-36-46(39-64-51(58)31-27-43-19-9-3-10-20-43)40-65-52(59)32-28-44-21-11-4-12-22-44/h41-46,53H,1-40H2. The first kappa shape index (κ1) is 54.4. The van der Waals surface area contributed by atoms with Gasteiger partial charge in [-0.3, -0.25) is 28.8 Å². The number of esters is 6. The highest BCUT2D eigenvalue weighted by atomic mass is 16.6. The second kappa shape index (κ2) is 34.1. The Labute approximate surface area is 391 Å². The zero-order valence-electron chi connectivity index (χ0n) is 40.1. The Morgan fingerprint density at radius 2 is 0.538 bits per heavy atom. The van der Waals surface area contributed by atoms with Gasteiger partial charge in [0.15, 0.2) is 0 Å². The molecule has 0 aliphatic heterocycles. The molecule has 13 heteroatoms. The van der Waals surface area contributed by atoms with Gasteiger partial charge in [0.2, 0.25) is 0 Å². The predicted molar refractivity (Wildman–Crippen MR) is 247 cm³/mol. The number of nitrogens with one attached hydrogen (secondary N) is 1. The second-order valence-electron chi connectivity index (χ2n) is 20.0. The van der Waals surface area contributed by atoms with E-state index in [1.54, 1.807) is 0 Å². The molecule has 13 nitrogen and oxygen atoms in total. The van der Waals surface area contributed by atoms with Crippen molar-refractivity contribution in [1.82, 2.24) is 5.32 Å². The van der Waals surface area contributed by atoms with Crippen molar-refractivity contribution in [2.24, 2.45) is 35.5 Å². The Morgan fingerprint density at radius 3 is 0.769 bits per heavy atom. The molecule has 0 atom stereocenters. The van der Waals surface area contributed by atoms with Gasteiger partial charge >= 0.3 is 35.8 Å². The summed E-state index contributed by atoms with van der Waals surface area (Å²) in [6.45, 7) is 1.19. The maximum Gasteiger partial charge on any atom is 0.305 e. The quantitative estimate of drug-likeness (QED) is 0.0385. The lowest BCUT2D eigenvalue weighted by atomic mass is 9.86. The lowest BCUT2D eigenvalue weighted by Gasteiger charge is -2.22. The lowest BCUT2D eigenvalue weighted by molar-refractivity contribution is -0.156. The predicted octanol–water partition coefficient (Wildman–Crippen LogP) is 10.1. The number of carbonyl (C=O) groups is 6. The molecule has 0 heterocycles. The van der Waals surface area contributed by atoms with Gasteiger partial charge in [0.05, 0.1) is 11.8 Å². The first-order valence-corrected chi connectivity index (χ1v) is 26.4. The molecule has 0 aromatic rings. The summed E-state index contributed by atoms with van der Waals surface area (Å²) in [6, 6.07) is 0. The van der Waals surface area contributed by atoms with E-state index in [4.69, 9.17) is 28.4 Å². The molecule has 1 N–H and O–H groups in total. The normalized spacial score (nSPS) is 18.0. The van der Waals surface area contributed by atoms with Crippen LogP contribution in [0.1, 0.15) is 205 Å². The molecule has 4 aliphatic rings. The number of ether oxygens (including phenoxy) is 6. The molecule has 0 radical (unpaired) electrons. The van der Waals surface area contributed by atoms with E-state index in [0.717, 1.165) is 77.0 Å². The summed E-state index contributed by atoms with van der Waals surface area (Å²) in [5.41, 5.74) is 0. The lowest BCUT2D eigenvalue weighted by Crippen LogP contribution is -2.27. The molecule has 0 unspecified atom stereocenters. The average Bonchev–Trinajstić information content (AvgIpc) is 3.34. The zero-order valence-corrected chi connectivity index (χ0v) is 40.1. The van der Waals surface area contributed by atoms with Gasteiger partial charge in [-0.15, -0.1) is 0 Å². The fourth-order valence-corrected chi connectivity index (χ4v) is 10.0. The zero-order chi connectivity index (χ0) is 46.2. The van der Waals surface area contributed by atoms with Crippen molar-refractivity contribution in [1.29, 1.82) is 0 Å². The Balaban J connectivity index is 1.08. The van der Waals surface area contributed by atoms with Crippen LogP contribution in [-0.2, 0) is 57.2 Å². The minimum atomic E-state index is -0.443. The highest BCUT2D eigenvalue weighted by Crippen LogP contribution is 2.30. The molecule has 0 saturated heterocycles. The fourth-order valence-electron chi connectivity index (χ4n) is 10.0. The number of carbonyl (C=O) groups excluding carboxylic acids is 6. The molecule has 372 valence electrons. The Bertz CT molecular complexity index is 1170. The van der Waals surface area contributed by atoms with Crippen LogP contribution < -0.4 is 5.32 Å². The van der Waals surface area contributed by atoms with Crippen molar-refractivity contribution in [2.45, 2.75) is 205 Å². The maximum atomic E-state index is 12.7. The van der Waals surface area contributed by atoms with Crippen LogP contribution in [-0.4, -0.2) is 88.5 Å². The SMILES string of the molecule is O=C(CCCNCCCC(=O)OCC(COC(=O)CCC1CCCCC1)COC(=O)CCC1CCCCC1)OCC(COC(=O)CCC1CCCCC1)COC(=O)CCC1CCCCC1. The third kappa shape index (κ3) is 26.6. The summed E-state index contributed by atoms with van der Waals surface area (Å²) >= 11 is 0. The maximum absolute atomic E-state index is 12.7. The smallest absolute Gasteiger partial charge is 0.305 e. The summed E-state index contributed by atoms with van der Waals surface area (Å²) < 4.78 is 33.4. The van der Waals surface area contributed by atoms with Gasteiger partial charge in [-0.25, -0.2) is 0 Å². The fraction of sp³-hybridized carbons (Fsp3) is 0.885. The molecule has 65 heavy (non-hydrogen) atoms. The highest BCUT2D eigenvalue weighted by Gasteiger charge is 2.23. The average molecular weight is 918 g/mol. The van der Waals surface area contributed by atoms with Gasteiger partial charge in [-0.2, -0.15) is 0 Å². The number of hydrogen-bond donors (Lipinski definition) is 1. The Kier molecular flexibility index (Phi) is 28.6. The molecule has 4 saturated carbocycles. The van der Waals surface area contributed by atoms with Crippen molar-refractivity contribution < 1.29 is 57.2 Å². The van der Waals surface area contributed by atoms with Crippen molar-refractivity contribution in [3.63, 3.8) is 0 Å². The molecular formula is C52H87NO12. The Hall–Kier alpha value is -3.22. The van der Waals surface area contributed by atoms with E-state index in [1.807, 2.05) is 0 Å². The van der Waals surface area contributed by atoms with Gasteiger partial charge < -0.3 is 33.7 Å². The summed E-state index contributed by atoms with van der Waals surface area (Å²) in [5.74, 6) is -0.438. The molecule has 0 spiro atoms. The van der Waals surface area contributed by atoms with E-state index in [0.29, 0.717) is 75.3 Å². The molecule has 4 rings (SSSR count). The molecule has 0 aromatic carbocycles. The van der Waals surface area contributed by atoms with Crippen molar-refractivity contribution in [2.75, 3.05) is 52.7 Å². The van der Waals surface area contributed by atoms with Gasteiger partial charge in [0, 0.05) is 38.5 Å². The van der Waals surface area contributed by atoms with E-state index in [1.165, 1.54) is 77.0 Å². The van der Waals surface area contributed by atoms with E-state index >= 15 is 0 Å². The summed E-state index contributed by atoms with van der Waals surface area (Å²) in [5, 5.41) is 3.25. The third-order valence-corrected chi connectivity index (χ3v) is 14.3. The monoisotopic (exact) mass is 918 g/mol. The number of rotatable bonds is 32. The Morgan fingerprint density at radius 1 is 0.323 bits per heavy atom. The summed E-state index contributed by atoms with van der Waals surface area (Å²) in [6.07, 6.45) is 30.3. The largest absolute Gasteiger partial charge is 0.465 e. The molecule has 0 aromatic heterocycles. The molecule has 0 bridgehead atoms. The van der Waals surface area contributed by atoms with Crippen LogP contribution >= 0.6 is 0 Å². The van der Waals surface area contributed by atoms with E-state index in [9.17, 15) is 28.8 Å². The molecule has 4 fully saturated rings. The van der Waals surface area contributed by atoms with Crippen molar-refractivity contribution in [3.8, 4) is 0 Å².